The molecule has 0 bridgehead atoms. The minimum Gasteiger partial charge on any atom is -0.493 e. The number of aromatic nitrogens is 3. The second-order valence-corrected chi connectivity index (χ2v) is 7.47. The molecular weight excluding hydrogens is 437 g/mol. The Balaban J connectivity index is 1.65. The molecule has 7 nitrogen and oxygen atoms in total. The molecule has 0 fully saturated rings. The summed E-state index contributed by atoms with van der Waals surface area (Å²) in [4.78, 5) is 17.7. The van der Waals surface area contributed by atoms with Crippen LogP contribution in [0, 0.1) is 5.82 Å². The third-order valence-electron chi connectivity index (χ3n) is 5.39. The van der Waals surface area contributed by atoms with Crippen LogP contribution in [0.15, 0.2) is 82.2 Å². The first-order chi connectivity index (χ1) is 16.6. The average Bonchev–Trinajstić information content (AvgIpc) is 3.35. The molecule has 2 heterocycles. The highest BCUT2D eigenvalue weighted by molar-refractivity contribution is 5.94. The smallest absolute Gasteiger partial charge is 0.262 e. The van der Waals surface area contributed by atoms with Crippen LogP contribution in [-0.4, -0.2) is 28.4 Å². The summed E-state index contributed by atoms with van der Waals surface area (Å²) in [7, 11) is 1.56. The summed E-state index contributed by atoms with van der Waals surface area (Å²) < 4.78 is 31.8. The zero-order chi connectivity index (χ0) is 23.7. The quantitative estimate of drug-likeness (QED) is 0.346. The molecule has 0 aliphatic carbocycles. The van der Waals surface area contributed by atoms with Gasteiger partial charge in [0.15, 0.2) is 11.5 Å². The van der Waals surface area contributed by atoms with E-state index in [2.05, 4.69) is 10.1 Å². The molecule has 0 unspecified atom stereocenters. The highest BCUT2D eigenvalue weighted by Gasteiger charge is 2.18. The molecule has 0 spiro atoms. The summed E-state index contributed by atoms with van der Waals surface area (Å²) in [6.45, 7) is 2.41. The third kappa shape index (κ3) is 3.79. The second kappa shape index (κ2) is 8.82. The van der Waals surface area contributed by atoms with Gasteiger partial charge in [-0.2, -0.15) is 4.98 Å². The van der Waals surface area contributed by atoms with Gasteiger partial charge in [-0.25, -0.2) is 4.39 Å². The van der Waals surface area contributed by atoms with Crippen molar-refractivity contribution in [1.82, 2.24) is 14.7 Å². The van der Waals surface area contributed by atoms with Crippen LogP contribution in [0.25, 0.3) is 39.3 Å². The van der Waals surface area contributed by atoms with E-state index in [1.54, 1.807) is 49.7 Å². The molecule has 0 amide bonds. The van der Waals surface area contributed by atoms with Crippen LogP contribution in [0.4, 0.5) is 4.39 Å². The van der Waals surface area contributed by atoms with Crippen LogP contribution in [0.5, 0.6) is 11.5 Å². The van der Waals surface area contributed by atoms with Crippen molar-refractivity contribution in [3.8, 4) is 40.0 Å². The van der Waals surface area contributed by atoms with E-state index in [1.807, 2.05) is 25.1 Å². The summed E-state index contributed by atoms with van der Waals surface area (Å²) in [6, 6.07) is 18.3. The maximum atomic E-state index is 13.9. The molecule has 5 rings (SSSR count). The van der Waals surface area contributed by atoms with Crippen LogP contribution in [0.2, 0.25) is 0 Å². The van der Waals surface area contributed by atoms with Crippen LogP contribution in [-0.2, 0) is 0 Å². The van der Waals surface area contributed by atoms with Crippen LogP contribution in [0.3, 0.4) is 0 Å². The fraction of sp³-hybridized carbons (Fsp3) is 0.115. The fourth-order valence-corrected chi connectivity index (χ4v) is 3.81. The fourth-order valence-electron chi connectivity index (χ4n) is 3.81. The molecule has 3 aromatic carbocycles. The Morgan fingerprint density at radius 3 is 2.59 bits per heavy atom. The monoisotopic (exact) mass is 457 g/mol. The largest absolute Gasteiger partial charge is 0.493 e. The average molecular weight is 457 g/mol. The van der Waals surface area contributed by atoms with E-state index in [-0.39, 0.29) is 11.4 Å². The molecule has 2 aromatic heterocycles. The summed E-state index contributed by atoms with van der Waals surface area (Å²) >= 11 is 0. The normalized spacial score (nSPS) is 11.0. The van der Waals surface area contributed by atoms with Gasteiger partial charge in [0.1, 0.15) is 5.82 Å². The first kappa shape index (κ1) is 21.4. The van der Waals surface area contributed by atoms with Crippen molar-refractivity contribution in [2.45, 2.75) is 6.92 Å². The van der Waals surface area contributed by atoms with Gasteiger partial charge in [0.25, 0.3) is 11.4 Å². The SMILES string of the molecule is CCOc1ccc(-c2noc(-c3cn(-c4cccc(F)c4)c(=O)c4ccccc34)n2)cc1OC. The van der Waals surface area contributed by atoms with Crippen LogP contribution in [0.1, 0.15) is 6.92 Å². The van der Waals surface area contributed by atoms with Gasteiger partial charge in [0, 0.05) is 22.5 Å². The summed E-state index contributed by atoms with van der Waals surface area (Å²) in [6.07, 6.45) is 1.59. The van der Waals surface area contributed by atoms with Gasteiger partial charge in [0.2, 0.25) is 5.82 Å². The molecule has 0 atom stereocenters. The van der Waals surface area contributed by atoms with E-state index < -0.39 is 5.82 Å². The maximum Gasteiger partial charge on any atom is 0.262 e. The zero-order valence-electron chi connectivity index (χ0n) is 18.5. The molecule has 170 valence electrons. The maximum absolute atomic E-state index is 13.9. The van der Waals surface area contributed by atoms with Gasteiger partial charge < -0.3 is 14.0 Å². The summed E-state index contributed by atoms with van der Waals surface area (Å²) in [5.74, 6) is 1.30. The minimum absolute atomic E-state index is 0.226. The Kier molecular flexibility index (Phi) is 5.55. The Morgan fingerprint density at radius 1 is 1.00 bits per heavy atom. The predicted molar refractivity (Wildman–Crippen MR) is 126 cm³/mol. The van der Waals surface area contributed by atoms with Crippen molar-refractivity contribution < 1.29 is 18.4 Å². The molecular formula is C26H20FN3O4. The molecule has 0 saturated carbocycles. The van der Waals surface area contributed by atoms with E-state index >= 15 is 0 Å². The Bertz CT molecular complexity index is 1560. The number of pyridine rings is 1. The molecule has 8 heteroatoms. The molecule has 34 heavy (non-hydrogen) atoms. The third-order valence-corrected chi connectivity index (χ3v) is 5.39. The van der Waals surface area contributed by atoms with E-state index in [0.717, 1.165) is 0 Å². The number of fused-ring (bicyclic) bond motifs is 1. The van der Waals surface area contributed by atoms with Crippen molar-refractivity contribution in [2.75, 3.05) is 13.7 Å². The molecule has 5 aromatic rings. The lowest BCUT2D eigenvalue weighted by Crippen LogP contribution is -2.18. The number of benzene rings is 3. The minimum atomic E-state index is -0.441. The highest BCUT2D eigenvalue weighted by Crippen LogP contribution is 2.33. The van der Waals surface area contributed by atoms with Crippen molar-refractivity contribution in [2.24, 2.45) is 0 Å². The van der Waals surface area contributed by atoms with Crippen molar-refractivity contribution in [1.29, 1.82) is 0 Å². The highest BCUT2D eigenvalue weighted by atomic mass is 19.1. The molecule has 0 saturated heterocycles. The predicted octanol–water partition coefficient (Wildman–Crippen LogP) is 5.25. The molecule has 0 aliphatic heterocycles. The number of nitrogens with zero attached hydrogens (tertiary/aromatic N) is 3. The molecule has 0 radical (unpaired) electrons. The van der Waals surface area contributed by atoms with E-state index in [9.17, 15) is 9.18 Å². The summed E-state index contributed by atoms with van der Waals surface area (Å²) in [5.41, 5.74) is 1.35. The van der Waals surface area contributed by atoms with Gasteiger partial charge in [-0.3, -0.25) is 9.36 Å². The number of ether oxygens (including phenoxy) is 2. The topological polar surface area (TPSA) is 79.4 Å². The van der Waals surface area contributed by atoms with Crippen molar-refractivity contribution in [3.05, 3.63) is 89.1 Å². The van der Waals surface area contributed by atoms with E-state index in [1.165, 1.54) is 16.7 Å². The van der Waals surface area contributed by atoms with E-state index in [4.69, 9.17) is 14.0 Å². The van der Waals surface area contributed by atoms with Gasteiger partial charge in [-0.1, -0.05) is 29.4 Å². The van der Waals surface area contributed by atoms with Gasteiger partial charge in [-0.15, -0.1) is 0 Å². The van der Waals surface area contributed by atoms with Gasteiger partial charge in [0.05, 0.1) is 25.0 Å². The standard InChI is InChI=1S/C26H20FN3O4/c1-3-33-22-12-11-16(13-23(22)32-2)24-28-25(34-29-24)21-15-30(18-8-6-7-17(27)14-18)26(31)20-10-5-4-9-19(20)21/h4-15H,3H2,1-2H3. The number of hydrogen-bond acceptors (Lipinski definition) is 6. The summed E-state index contributed by atoms with van der Waals surface area (Å²) in [5, 5.41) is 5.23. The van der Waals surface area contributed by atoms with Crippen molar-refractivity contribution in [3.63, 3.8) is 0 Å². The Morgan fingerprint density at radius 2 is 1.82 bits per heavy atom. The van der Waals surface area contributed by atoms with E-state index in [0.29, 0.717) is 51.5 Å². The molecule has 0 N–H and O–H groups in total. The number of rotatable bonds is 6. The van der Waals surface area contributed by atoms with Crippen molar-refractivity contribution >= 4 is 10.8 Å². The van der Waals surface area contributed by atoms with Gasteiger partial charge in [-0.05, 0) is 49.4 Å². The van der Waals surface area contributed by atoms with Gasteiger partial charge >= 0.3 is 0 Å². The zero-order valence-corrected chi connectivity index (χ0v) is 18.5. The Labute approximate surface area is 194 Å². The lowest BCUT2D eigenvalue weighted by Gasteiger charge is -2.10. The lowest BCUT2D eigenvalue weighted by atomic mass is 10.1. The lowest BCUT2D eigenvalue weighted by molar-refractivity contribution is 0.311. The first-order valence-corrected chi connectivity index (χ1v) is 10.6. The number of methoxy groups -OCH3 is 1. The molecule has 0 aliphatic rings. The number of hydrogen-bond donors (Lipinski definition) is 0. The second-order valence-electron chi connectivity index (χ2n) is 7.47. The van der Waals surface area contributed by atoms with Crippen LogP contribution < -0.4 is 15.0 Å². The van der Waals surface area contributed by atoms with Crippen LogP contribution >= 0.6 is 0 Å². The first-order valence-electron chi connectivity index (χ1n) is 10.6. The Hall–Kier alpha value is -4.46. The number of halogens is 1.